The first kappa shape index (κ1) is 9.21. The standard InChI is InChI=1S/C11H13NO2/c1-12-7-8-5-3-4-6-9(8)10(12)11(13)14-2/h3-6,10H,7H2,1-2H3. The number of fused-ring (bicyclic) bond motifs is 1. The van der Waals surface area contributed by atoms with Crippen LogP contribution < -0.4 is 0 Å². The molecule has 0 spiro atoms. The monoisotopic (exact) mass is 191 g/mol. The first-order chi connectivity index (χ1) is 6.74. The summed E-state index contributed by atoms with van der Waals surface area (Å²) in [4.78, 5) is 13.5. The summed E-state index contributed by atoms with van der Waals surface area (Å²) in [6.45, 7) is 0.815. The summed E-state index contributed by atoms with van der Waals surface area (Å²) in [5, 5.41) is 0. The van der Waals surface area contributed by atoms with Crippen LogP contribution in [0.15, 0.2) is 24.3 Å². The van der Waals surface area contributed by atoms with E-state index in [2.05, 4.69) is 6.07 Å². The van der Waals surface area contributed by atoms with Gasteiger partial charge in [-0.15, -0.1) is 0 Å². The lowest BCUT2D eigenvalue weighted by Crippen LogP contribution is -2.25. The SMILES string of the molecule is COC(=O)C1c2ccccc2CN1C. The van der Waals surface area contributed by atoms with Gasteiger partial charge in [0.25, 0.3) is 0 Å². The lowest BCUT2D eigenvalue weighted by atomic mass is 10.1. The minimum atomic E-state index is -0.226. The van der Waals surface area contributed by atoms with Gasteiger partial charge >= 0.3 is 5.97 Å². The van der Waals surface area contributed by atoms with E-state index in [1.807, 2.05) is 30.1 Å². The Hall–Kier alpha value is -1.35. The van der Waals surface area contributed by atoms with Gasteiger partial charge < -0.3 is 4.74 Å². The average molecular weight is 191 g/mol. The molecule has 1 aromatic rings. The van der Waals surface area contributed by atoms with Crippen molar-refractivity contribution in [2.24, 2.45) is 0 Å². The Morgan fingerprint density at radius 3 is 2.93 bits per heavy atom. The van der Waals surface area contributed by atoms with Crippen molar-refractivity contribution in [1.82, 2.24) is 4.90 Å². The minimum Gasteiger partial charge on any atom is -0.468 e. The number of ether oxygens (including phenoxy) is 1. The Labute approximate surface area is 83.3 Å². The van der Waals surface area contributed by atoms with Gasteiger partial charge in [-0.3, -0.25) is 4.90 Å². The second kappa shape index (κ2) is 3.42. The molecule has 1 atom stereocenters. The van der Waals surface area contributed by atoms with E-state index >= 15 is 0 Å². The fourth-order valence-corrected chi connectivity index (χ4v) is 1.96. The number of esters is 1. The molecule has 3 heteroatoms. The molecule has 0 saturated heterocycles. The fraction of sp³-hybridized carbons (Fsp3) is 0.364. The van der Waals surface area contributed by atoms with Crippen LogP contribution in [0.4, 0.5) is 0 Å². The van der Waals surface area contributed by atoms with E-state index in [-0.39, 0.29) is 12.0 Å². The summed E-state index contributed by atoms with van der Waals surface area (Å²) >= 11 is 0. The highest BCUT2D eigenvalue weighted by molar-refractivity contribution is 5.79. The molecule has 0 amide bonds. The van der Waals surface area contributed by atoms with E-state index in [0.717, 1.165) is 12.1 Å². The number of carbonyl (C=O) groups is 1. The maximum absolute atomic E-state index is 11.5. The van der Waals surface area contributed by atoms with Crippen molar-refractivity contribution in [2.45, 2.75) is 12.6 Å². The first-order valence-corrected chi connectivity index (χ1v) is 4.60. The molecule has 14 heavy (non-hydrogen) atoms. The molecular formula is C11H13NO2. The number of rotatable bonds is 1. The highest BCUT2D eigenvalue weighted by Gasteiger charge is 2.33. The third kappa shape index (κ3) is 1.30. The molecule has 0 radical (unpaired) electrons. The van der Waals surface area contributed by atoms with Crippen molar-refractivity contribution >= 4 is 5.97 Å². The maximum Gasteiger partial charge on any atom is 0.327 e. The Morgan fingerprint density at radius 2 is 2.21 bits per heavy atom. The molecule has 2 rings (SSSR count). The molecular weight excluding hydrogens is 178 g/mol. The van der Waals surface area contributed by atoms with Crippen LogP contribution in [0.2, 0.25) is 0 Å². The van der Waals surface area contributed by atoms with E-state index in [1.165, 1.54) is 12.7 Å². The molecule has 1 unspecified atom stereocenters. The summed E-state index contributed by atoms with van der Waals surface area (Å²) in [6.07, 6.45) is 0. The first-order valence-electron chi connectivity index (χ1n) is 4.60. The number of likely N-dealkylation sites (N-methyl/N-ethyl adjacent to an activating group) is 1. The molecule has 1 aliphatic heterocycles. The van der Waals surface area contributed by atoms with Gasteiger partial charge in [0, 0.05) is 6.54 Å². The van der Waals surface area contributed by atoms with Crippen LogP contribution in [0.25, 0.3) is 0 Å². The van der Waals surface area contributed by atoms with E-state index in [9.17, 15) is 4.79 Å². The van der Waals surface area contributed by atoms with Crippen LogP contribution in [0, 0.1) is 0 Å². The van der Waals surface area contributed by atoms with Gasteiger partial charge in [0.15, 0.2) is 0 Å². The number of carbonyl (C=O) groups excluding carboxylic acids is 1. The molecule has 0 N–H and O–H groups in total. The Bertz CT molecular complexity index is 362. The summed E-state index contributed by atoms with van der Waals surface area (Å²) in [5.41, 5.74) is 2.28. The molecule has 1 aliphatic rings. The van der Waals surface area contributed by atoms with Gasteiger partial charge in [-0.1, -0.05) is 24.3 Å². The third-order valence-electron chi connectivity index (χ3n) is 2.63. The normalized spacial score (nSPS) is 20.6. The highest BCUT2D eigenvalue weighted by atomic mass is 16.5. The van der Waals surface area contributed by atoms with Crippen LogP contribution in [0.5, 0.6) is 0 Å². The van der Waals surface area contributed by atoms with Crippen LogP contribution >= 0.6 is 0 Å². The molecule has 0 saturated carbocycles. The number of benzene rings is 1. The molecule has 1 aromatic carbocycles. The van der Waals surface area contributed by atoms with Gasteiger partial charge in [-0.05, 0) is 18.2 Å². The molecule has 0 aromatic heterocycles. The van der Waals surface area contributed by atoms with Crippen molar-refractivity contribution in [3.05, 3.63) is 35.4 Å². The van der Waals surface area contributed by atoms with Crippen molar-refractivity contribution in [1.29, 1.82) is 0 Å². The zero-order chi connectivity index (χ0) is 10.1. The number of methoxy groups -OCH3 is 1. The second-order valence-corrected chi connectivity index (χ2v) is 3.54. The highest BCUT2D eigenvalue weighted by Crippen LogP contribution is 2.32. The number of hydrogen-bond donors (Lipinski definition) is 0. The number of hydrogen-bond acceptors (Lipinski definition) is 3. The predicted molar refractivity (Wildman–Crippen MR) is 52.7 cm³/mol. The third-order valence-corrected chi connectivity index (χ3v) is 2.63. The smallest absolute Gasteiger partial charge is 0.327 e. The lowest BCUT2D eigenvalue weighted by Gasteiger charge is -2.17. The molecule has 0 bridgehead atoms. The molecule has 0 aliphatic carbocycles. The fourth-order valence-electron chi connectivity index (χ4n) is 1.96. The minimum absolute atomic E-state index is 0.183. The largest absolute Gasteiger partial charge is 0.468 e. The summed E-state index contributed by atoms with van der Waals surface area (Å²) in [6, 6.07) is 7.76. The Morgan fingerprint density at radius 1 is 1.50 bits per heavy atom. The molecule has 1 heterocycles. The van der Waals surface area contributed by atoms with Crippen molar-refractivity contribution in [3.8, 4) is 0 Å². The van der Waals surface area contributed by atoms with Gasteiger partial charge in [0.1, 0.15) is 6.04 Å². The van der Waals surface area contributed by atoms with E-state index in [4.69, 9.17) is 4.74 Å². The number of nitrogens with zero attached hydrogens (tertiary/aromatic N) is 1. The van der Waals surface area contributed by atoms with E-state index < -0.39 is 0 Å². The van der Waals surface area contributed by atoms with Crippen LogP contribution in [-0.2, 0) is 16.1 Å². The van der Waals surface area contributed by atoms with Crippen molar-refractivity contribution in [3.63, 3.8) is 0 Å². The molecule has 74 valence electrons. The van der Waals surface area contributed by atoms with Gasteiger partial charge in [-0.25, -0.2) is 4.79 Å². The maximum atomic E-state index is 11.5. The zero-order valence-corrected chi connectivity index (χ0v) is 8.36. The van der Waals surface area contributed by atoms with Gasteiger partial charge in [-0.2, -0.15) is 0 Å². The van der Waals surface area contributed by atoms with Gasteiger partial charge in [0.05, 0.1) is 7.11 Å². The van der Waals surface area contributed by atoms with Crippen LogP contribution in [-0.4, -0.2) is 25.0 Å². The van der Waals surface area contributed by atoms with Crippen molar-refractivity contribution < 1.29 is 9.53 Å². The van der Waals surface area contributed by atoms with Crippen LogP contribution in [0.3, 0.4) is 0 Å². The molecule has 0 fully saturated rings. The zero-order valence-electron chi connectivity index (χ0n) is 8.36. The van der Waals surface area contributed by atoms with E-state index in [1.54, 1.807) is 0 Å². The second-order valence-electron chi connectivity index (χ2n) is 3.54. The Kier molecular flexibility index (Phi) is 2.25. The quantitative estimate of drug-likeness (QED) is 0.627. The Balaban J connectivity index is 2.39. The summed E-state index contributed by atoms with van der Waals surface area (Å²) in [7, 11) is 3.36. The van der Waals surface area contributed by atoms with Gasteiger partial charge in [0.2, 0.25) is 0 Å². The van der Waals surface area contributed by atoms with Crippen LogP contribution in [0.1, 0.15) is 17.2 Å². The van der Waals surface area contributed by atoms with Crippen molar-refractivity contribution in [2.75, 3.05) is 14.2 Å². The molecule has 3 nitrogen and oxygen atoms in total. The summed E-state index contributed by atoms with van der Waals surface area (Å²) in [5.74, 6) is -0.183. The van der Waals surface area contributed by atoms with E-state index in [0.29, 0.717) is 0 Å². The average Bonchev–Trinajstić information content (AvgIpc) is 2.53. The predicted octanol–water partition coefficient (Wildman–Crippen LogP) is 1.35. The summed E-state index contributed by atoms with van der Waals surface area (Å²) < 4.78 is 4.78. The lowest BCUT2D eigenvalue weighted by molar-refractivity contribution is -0.146. The topological polar surface area (TPSA) is 29.5 Å².